The highest BCUT2D eigenvalue weighted by atomic mass is 16.2. The SMILES string of the molecule is O=C(CCc1ccnc(N2CCCC2)c1)N1CCCN(c2ncccn2)CC1. The highest BCUT2D eigenvalue weighted by molar-refractivity contribution is 5.76. The fourth-order valence-electron chi connectivity index (χ4n) is 3.97. The van der Waals surface area contributed by atoms with Crippen LogP contribution in [0, 0.1) is 0 Å². The normalized spacial score (nSPS) is 17.6. The summed E-state index contributed by atoms with van der Waals surface area (Å²) >= 11 is 0. The third-order valence-electron chi connectivity index (χ3n) is 5.55. The number of pyridine rings is 1. The summed E-state index contributed by atoms with van der Waals surface area (Å²) < 4.78 is 0. The van der Waals surface area contributed by atoms with Gasteiger partial charge in [-0.3, -0.25) is 4.79 Å². The van der Waals surface area contributed by atoms with Crippen molar-refractivity contribution in [2.24, 2.45) is 0 Å². The van der Waals surface area contributed by atoms with Crippen molar-refractivity contribution in [3.63, 3.8) is 0 Å². The molecule has 7 heteroatoms. The molecule has 0 aliphatic carbocycles. The van der Waals surface area contributed by atoms with E-state index in [9.17, 15) is 4.79 Å². The predicted octanol–water partition coefficient (Wildman–Crippen LogP) is 2.14. The van der Waals surface area contributed by atoms with Gasteiger partial charge in [-0.15, -0.1) is 0 Å². The number of aryl methyl sites for hydroxylation is 1. The molecule has 4 rings (SSSR count). The molecule has 0 unspecified atom stereocenters. The molecule has 1 amide bonds. The lowest BCUT2D eigenvalue weighted by Crippen LogP contribution is -2.35. The topological polar surface area (TPSA) is 65.5 Å². The summed E-state index contributed by atoms with van der Waals surface area (Å²) in [6.07, 6.45) is 10.1. The standard InChI is InChI=1S/C21H28N6O/c28-20(6-5-18-7-10-22-19(17-18)25-11-1-2-12-25)26-13-4-14-27(16-15-26)21-23-8-3-9-24-21/h3,7-10,17H,1-2,4-6,11-16H2. The van der Waals surface area contributed by atoms with Crippen molar-refractivity contribution in [2.45, 2.75) is 32.1 Å². The van der Waals surface area contributed by atoms with Crippen LogP contribution in [0.4, 0.5) is 11.8 Å². The quantitative estimate of drug-likeness (QED) is 0.792. The molecule has 2 fully saturated rings. The minimum absolute atomic E-state index is 0.232. The number of nitrogens with zero attached hydrogens (tertiary/aromatic N) is 6. The number of aromatic nitrogens is 3. The zero-order chi connectivity index (χ0) is 19.2. The predicted molar refractivity (Wildman–Crippen MR) is 109 cm³/mol. The molecule has 2 aromatic rings. The third kappa shape index (κ3) is 4.58. The molecule has 2 aliphatic rings. The second-order valence-corrected chi connectivity index (χ2v) is 7.49. The maximum Gasteiger partial charge on any atom is 0.225 e. The first-order valence-corrected chi connectivity index (χ1v) is 10.3. The van der Waals surface area contributed by atoms with Gasteiger partial charge in [-0.05, 0) is 49.4 Å². The lowest BCUT2D eigenvalue weighted by atomic mass is 10.1. The fraction of sp³-hybridized carbons (Fsp3) is 0.524. The van der Waals surface area contributed by atoms with Gasteiger partial charge >= 0.3 is 0 Å². The summed E-state index contributed by atoms with van der Waals surface area (Å²) in [6.45, 7) is 5.38. The van der Waals surface area contributed by atoms with Crippen LogP contribution in [0.5, 0.6) is 0 Å². The maximum atomic E-state index is 12.8. The zero-order valence-electron chi connectivity index (χ0n) is 16.3. The van der Waals surface area contributed by atoms with Crippen molar-refractivity contribution in [1.82, 2.24) is 19.9 Å². The van der Waals surface area contributed by atoms with Crippen molar-refractivity contribution in [3.05, 3.63) is 42.4 Å². The molecule has 7 nitrogen and oxygen atoms in total. The van der Waals surface area contributed by atoms with Crippen LogP contribution >= 0.6 is 0 Å². The Morgan fingerprint density at radius 3 is 2.46 bits per heavy atom. The Morgan fingerprint density at radius 1 is 0.857 bits per heavy atom. The van der Waals surface area contributed by atoms with Crippen molar-refractivity contribution in [1.29, 1.82) is 0 Å². The number of hydrogen-bond donors (Lipinski definition) is 0. The van der Waals surface area contributed by atoms with E-state index in [-0.39, 0.29) is 5.91 Å². The Hall–Kier alpha value is -2.70. The van der Waals surface area contributed by atoms with Crippen LogP contribution in [0.25, 0.3) is 0 Å². The molecule has 2 saturated heterocycles. The summed E-state index contributed by atoms with van der Waals surface area (Å²) in [5.74, 6) is 2.04. The highest BCUT2D eigenvalue weighted by Crippen LogP contribution is 2.19. The molecule has 0 aromatic carbocycles. The first kappa shape index (κ1) is 18.7. The second kappa shape index (κ2) is 8.99. The maximum absolute atomic E-state index is 12.8. The van der Waals surface area contributed by atoms with Crippen molar-refractivity contribution in [2.75, 3.05) is 49.1 Å². The lowest BCUT2D eigenvalue weighted by Gasteiger charge is -2.22. The first-order valence-electron chi connectivity index (χ1n) is 10.3. The molecule has 28 heavy (non-hydrogen) atoms. The number of rotatable bonds is 5. The van der Waals surface area contributed by atoms with Crippen LogP contribution in [-0.4, -0.2) is 65.0 Å². The van der Waals surface area contributed by atoms with Gasteiger partial charge in [0.1, 0.15) is 5.82 Å². The lowest BCUT2D eigenvalue weighted by molar-refractivity contribution is -0.130. The van der Waals surface area contributed by atoms with Crippen LogP contribution in [-0.2, 0) is 11.2 Å². The van der Waals surface area contributed by atoms with Gasteiger partial charge in [-0.25, -0.2) is 15.0 Å². The summed E-state index contributed by atoms with van der Waals surface area (Å²) in [4.78, 5) is 32.4. The Bertz CT molecular complexity index is 777. The number of anilines is 2. The van der Waals surface area contributed by atoms with E-state index in [2.05, 4.69) is 30.8 Å². The molecular weight excluding hydrogens is 352 g/mol. The minimum Gasteiger partial charge on any atom is -0.357 e. The van der Waals surface area contributed by atoms with Gasteiger partial charge in [0.05, 0.1) is 0 Å². The molecule has 0 N–H and O–H groups in total. The van der Waals surface area contributed by atoms with Crippen LogP contribution in [0.15, 0.2) is 36.8 Å². The Morgan fingerprint density at radius 2 is 1.64 bits per heavy atom. The van der Waals surface area contributed by atoms with Gasteiger partial charge in [0, 0.05) is 64.3 Å². The molecule has 148 valence electrons. The van der Waals surface area contributed by atoms with Gasteiger partial charge in [-0.1, -0.05) is 0 Å². The smallest absolute Gasteiger partial charge is 0.225 e. The summed E-state index contributed by atoms with van der Waals surface area (Å²) in [5, 5.41) is 0. The average molecular weight is 380 g/mol. The Labute approximate surface area is 166 Å². The number of hydrogen-bond acceptors (Lipinski definition) is 6. The molecule has 0 radical (unpaired) electrons. The van der Waals surface area contributed by atoms with E-state index in [1.165, 1.54) is 18.4 Å². The molecule has 0 saturated carbocycles. The second-order valence-electron chi connectivity index (χ2n) is 7.49. The first-order chi connectivity index (χ1) is 13.8. The average Bonchev–Trinajstić information content (AvgIpc) is 3.17. The van der Waals surface area contributed by atoms with Crippen molar-refractivity contribution < 1.29 is 4.79 Å². The molecule has 2 aliphatic heterocycles. The van der Waals surface area contributed by atoms with E-state index in [0.29, 0.717) is 6.42 Å². The van der Waals surface area contributed by atoms with E-state index >= 15 is 0 Å². The minimum atomic E-state index is 0.232. The van der Waals surface area contributed by atoms with E-state index in [1.54, 1.807) is 12.4 Å². The molecular formula is C21H28N6O. The summed E-state index contributed by atoms with van der Waals surface area (Å²) in [5.41, 5.74) is 1.19. The molecule has 4 heterocycles. The summed E-state index contributed by atoms with van der Waals surface area (Å²) in [7, 11) is 0. The Kier molecular flexibility index (Phi) is 5.99. The van der Waals surface area contributed by atoms with Crippen LogP contribution in [0.1, 0.15) is 31.2 Å². The summed E-state index contributed by atoms with van der Waals surface area (Å²) in [6, 6.07) is 6.00. The Balaban J connectivity index is 1.30. The largest absolute Gasteiger partial charge is 0.357 e. The monoisotopic (exact) mass is 380 g/mol. The van der Waals surface area contributed by atoms with E-state index in [1.807, 2.05) is 23.2 Å². The van der Waals surface area contributed by atoms with Crippen molar-refractivity contribution in [3.8, 4) is 0 Å². The van der Waals surface area contributed by atoms with E-state index in [4.69, 9.17) is 0 Å². The number of carbonyl (C=O) groups is 1. The third-order valence-corrected chi connectivity index (χ3v) is 5.55. The van der Waals surface area contributed by atoms with Gasteiger partial charge in [-0.2, -0.15) is 0 Å². The molecule has 0 bridgehead atoms. The van der Waals surface area contributed by atoms with Crippen LogP contribution < -0.4 is 9.80 Å². The van der Waals surface area contributed by atoms with Gasteiger partial charge in [0.15, 0.2) is 0 Å². The van der Waals surface area contributed by atoms with Gasteiger partial charge in [0.25, 0.3) is 0 Å². The van der Waals surface area contributed by atoms with E-state index < -0.39 is 0 Å². The highest BCUT2D eigenvalue weighted by Gasteiger charge is 2.20. The zero-order valence-corrected chi connectivity index (χ0v) is 16.3. The van der Waals surface area contributed by atoms with Crippen LogP contribution in [0.2, 0.25) is 0 Å². The van der Waals surface area contributed by atoms with Crippen LogP contribution in [0.3, 0.4) is 0 Å². The van der Waals surface area contributed by atoms with Crippen molar-refractivity contribution >= 4 is 17.7 Å². The number of carbonyl (C=O) groups excluding carboxylic acids is 1. The molecule has 0 spiro atoms. The fourth-order valence-corrected chi connectivity index (χ4v) is 3.97. The molecule has 0 atom stereocenters. The van der Waals surface area contributed by atoms with Gasteiger partial charge < -0.3 is 14.7 Å². The number of amides is 1. The molecule has 2 aromatic heterocycles. The van der Waals surface area contributed by atoms with E-state index in [0.717, 1.165) is 63.9 Å². The van der Waals surface area contributed by atoms with Gasteiger partial charge in [0.2, 0.25) is 11.9 Å².